The first-order valence-electron chi connectivity index (χ1n) is 48.6. The lowest BCUT2D eigenvalue weighted by Crippen LogP contribution is -2.62. The van der Waals surface area contributed by atoms with Crippen molar-refractivity contribution in [1.29, 1.82) is 5.41 Å². The number of fused-ring (bicyclic) bond motifs is 1. The molecule has 3 heterocycles. The number of amides is 17. The van der Waals surface area contributed by atoms with Crippen molar-refractivity contribution in [3.63, 3.8) is 0 Å². The molecule has 1 aromatic heterocycles. The van der Waals surface area contributed by atoms with Gasteiger partial charge in [-0.1, -0.05) is 58.4 Å². The van der Waals surface area contributed by atoms with E-state index in [1.54, 1.807) is 52.1 Å². The summed E-state index contributed by atoms with van der Waals surface area (Å²) >= 11 is 1.25. The van der Waals surface area contributed by atoms with Gasteiger partial charge in [-0.05, 0) is 146 Å². The minimum absolute atomic E-state index is 0.0173. The van der Waals surface area contributed by atoms with Gasteiger partial charge in [0.1, 0.15) is 85.1 Å². The van der Waals surface area contributed by atoms with Crippen LogP contribution in [0.5, 0.6) is 0 Å². The number of aliphatic carboxylic acids is 4. The van der Waals surface area contributed by atoms with Gasteiger partial charge < -0.3 is 147 Å². The highest BCUT2D eigenvalue weighted by molar-refractivity contribution is 7.98. The smallest absolute Gasteiger partial charge is 0.326 e. The van der Waals surface area contributed by atoms with Gasteiger partial charge in [0.2, 0.25) is 110 Å². The van der Waals surface area contributed by atoms with Crippen LogP contribution in [0.4, 0.5) is 5.69 Å². The van der Waals surface area contributed by atoms with Crippen LogP contribution in [0.3, 0.4) is 0 Å². The Labute approximate surface area is 858 Å². The first-order valence-corrected chi connectivity index (χ1v) is 51.5. The number of anilines is 1. The monoisotopic (exact) mass is 2130 g/mol. The zero-order valence-corrected chi connectivity index (χ0v) is 85.6. The quantitative estimate of drug-likeness (QED) is 0.0142. The molecule has 0 saturated carbocycles. The van der Waals surface area contributed by atoms with Gasteiger partial charge >= 0.3 is 23.9 Å². The predicted octanol–water partition coefficient (Wildman–Crippen LogP) is -6.48. The molecule has 0 unspecified atom stereocenters. The number of aromatic nitrogens is 2. The van der Waals surface area contributed by atoms with E-state index in [1.165, 1.54) is 30.4 Å². The second-order valence-corrected chi connectivity index (χ2v) is 39.5. The first kappa shape index (κ1) is 124. The van der Waals surface area contributed by atoms with Gasteiger partial charge in [0.15, 0.2) is 5.96 Å². The number of carboxylic acid groups (broad SMARTS) is 4. The molecule has 0 spiro atoms. The summed E-state index contributed by atoms with van der Waals surface area (Å²) in [5.74, 6) is -23.8. The van der Waals surface area contributed by atoms with Crippen molar-refractivity contribution in [3.8, 4) is 0 Å². The highest BCUT2D eigenvalue weighted by Crippen LogP contribution is 2.31. The Morgan fingerprint density at radius 3 is 1.60 bits per heavy atom. The minimum atomic E-state index is -3.94. The van der Waals surface area contributed by atoms with Crippen LogP contribution in [0.15, 0.2) is 53.8 Å². The number of imidazole rings is 1. The third-order valence-electron chi connectivity index (χ3n) is 23.9. The van der Waals surface area contributed by atoms with Crippen LogP contribution in [0.25, 0.3) is 10.8 Å². The molecule has 17 amide bonds. The number of hydrogen-bond acceptors (Lipinski definition) is 30. The number of likely N-dealkylation sites (tertiary alicyclic amines) is 2. The fourth-order valence-electron chi connectivity index (χ4n) is 16.1. The summed E-state index contributed by atoms with van der Waals surface area (Å²) in [5.41, 5.74) is 18.1. The Hall–Kier alpha value is -14.0. The number of aromatic amines is 1. The van der Waals surface area contributed by atoms with Crippen molar-refractivity contribution in [2.24, 2.45) is 29.0 Å². The van der Waals surface area contributed by atoms with E-state index >= 15 is 0 Å². The second-order valence-electron chi connectivity index (χ2n) is 36.8. The molecule has 2 aromatic carbocycles. The molecule has 0 aliphatic carbocycles. The van der Waals surface area contributed by atoms with E-state index in [4.69, 9.17) is 22.6 Å². The molecule has 2 fully saturated rings. The molecule has 148 heavy (non-hydrogen) atoms. The fourth-order valence-corrected chi connectivity index (χ4v) is 17.9. The number of carbonyl (C=O) groups is 21. The number of carboxylic acids is 4. The van der Waals surface area contributed by atoms with Gasteiger partial charge in [-0.2, -0.15) is 11.8 Å². The van der Waals surface area contributed by atoms with E-state index < -0.39 is 289 Å². The number of H-pyrrole nitrogens is 1. The van der Waals surface area contributed by atoms with Crippen molar-refractivity contribution >= 4 is 169 Å². The molecule has 822 valence electrons. The molecule has 0 radical (unpaired) electrons. The molecule has 2 aliphatic heterocycles. The largest absolute Gasteiger partial charge is 0.481 e. The molecule has 5 rings (SSSR count). The molecule has 0 bridgehead atoms. The SMILES string of the molecule is CSCC[C@H](NC(=O)[C@H](CCC(=O)O)NC(=O)[C@@H]1CCCN1C(=O)[C@@H](NC(=O)[C@H](CO)NC(=O)CNC(=O)[C@H](CCCCNC(=O)CC[C@H](NC(=O)CCCCCNS(=O)(=O)c1cccc2c(N(C)C)cccc12)C(=O)NCC(=O)O)NC(=O)[C@@H](N)Cc1c[nH]cn1)[C@@H](C)O)C(=O)N1CCC[C@H]1C(=O)N[C@H](C(=O)N[C@@H](CC(C)C)C(=O)N[C@@H](CCC(=O)O)C(=O)N[C@@H](CC(N)=O)C(=O)N[C@@H](CCCNC(=N)N)C(=O)O)C(C)C. The number of unbranched alkanes of at least 4 members (excludes halogenated alkanes) is 3. The van der Waals surface area contributed by atoms with Crippen LogP contribution in [0, 0.1) is 17.2 Å². The summed E-state index contributed by atoms with van der Waals surface area (Å²) in [4.78, 5) is 294. The summed E-state index contributed by atoms with van der Waals surface area (Å²) in [6.45, 7) is 4.43. The number of sulfonamides is 1. The highest BCUT2D eigenvalue weighted by Gasteiger charge is 2.45. The zero-order valence-electron chi connectivity index (χ0n) is 84.0. The number of thioether (sulfide) groups is 1. The Morgan fingerprint density at radius 1 is 0.507 bits per heavy atom. The Bertz CT molecular complexity index is 5230. The van der Waals surface area contributed by atoms with Crippen LogP contribution in [0.2, 0.25) is 0 Å². The Kier molecular flexibility index (Phi) is 52.9. The van der Waals surface area contributed by atoms with Crippen LogP contribution in [0.1, 0.15) is 182 Å². The minimum Gasteiger partial charge on any atom is -0.481 e. The fraction of sp³-hybridized carbons (Fsp3) is 0.620. The van der Waals surface area contributed by atoms with Gasteiger partial charge in [-0.15, -0.1) is 0 Å². The van der Waals surface area contributed by atoms with E-state index in [2.05, 4.69) is 94.4 Å². The molecule has 15 atom stereocenters. The van der Waals surface area contributed by atoms with Crippen molar-refractivity contribution in [1.82, 2.24) is 104 Å². The third-order valence-corrected chi connectivity index (χ3v) is 26.1. The molecule has 3 aromatic rings. The lowest BCUT2D eigenvalue weighted by molar-refractivity contribution is -0.145. The zero-order chi connectivity index (χ0) is 110. The predicted molar refractivity (Wildman–Crippen MR) is 533 cm³/mol. The van der Waals surface area contributed by atoms with E-state index in [0.717, 1.165) is 27.8 Å². The van der Waals surface area contributed by atoms with Gasteiger partial charge in [0, 0.05) is 102 Å². The van der Waals surface area contributed by atoms with Crippen molar-refractivity contribution in [2.45, 2.75) is 278 Å². The van der Waals surface area contributed by atoms with Crippen molar-refractivity contribution < 1.29 is 140 Å². The molecule has 56 heteroatoms. The second kappa shape index (κ2) is 62.9. The van der Waals surface area contributed by atoms with Gasteiger partial charge in [-0.25, -0.2) is 22.9 Å². The molecule has 2 saturated heterocycles. The average molecular weight is 2130 g/mol. The van der Waals surface area contributed by atoms with Crippen molar-refractivity contribution in [3.05, 3.63) is 54.6 Å². The number of nitrogens with one attached hydrogen (secondary N) is 18. The normalized spacial score (nSPS) is 16.0. The molecule has 54 nitrogen and oxygen atoms in total. The maximum absolute atomic E-state index is 14.9. The summed E-state index contributed by atoms with van der Waals surface area (Å²) in [6.07, 6.45) is -0.739. The number of nitrogens with zero attached hydrogens (tertiary/aromatic N) is 4. The number of aliphatic hydroxyl groups is 2. The van der Waals surface area contributed by atoms with Gasteiger partial charge in [-0.3, -0.25) is 101 Å². The number of guanidine groups is 1. The van der Waals surface area contributed by atoms with Crippen LogP contribution in [-0.2, 0) is 117 Å². The van der Waals surface area contributed by atoms with Gasteiger partial charge in [0.25, 0.3) is 0 Å². The third kappa shape index (κ3) is 42.4. The topological polar surface area (TPSA) is 847 Å². The van der Waals surface area contributed by atoms with Crippen LogP contribution >= 0.6 is 11.8 Å². The Morgan fingerprint density at radius 2 is 1.03 bits per heavy atom. The first-order chi connectivity index (χ1) is 69.9. The van der Waals surface area contributed by atoms with Crippen molar-refractivity contribution in [2.75, 3.05) is 83.4 Å². The van der Waals surface area contributed by atoms with Gasteiger partial charge in [0.05, 0.1) is 48.6 Å². The number of nitrogens with two attached hydrogens (primary N) is 3. The van der Waals surface area contributed by atoms with E-state index in [-0.39, 0.29) is 152 Å². The number of aliphatic hydroxyl groups excluding tert-OH is 2. The van der Waals surface area contributed by atoms with E-state index in [1.807, 2.05) is 31.1 Å². The summed E-state index contributed by atoms with van der Waals surface area (Å²) in [5, 5.41) is 105. The maximum atomic E-state index is 14.9. The maximum Gasteiger partial charge on any atom is 0.326 e. The molecule has 30 N–H and O–H groups in total. The Balaban J connectivity index is 1.19. The van der Waals surface area contributed by atoms with E-state index in [9.17, 15) is 140 Å². The van der Waals surface area contributed by atoms with Crippen LogP contribution in [-0.4, -0.2) is 358 Å². The standard InChI is InChI=1S/C92H143N25O29S2/c1-49(2)41-62(83(135)107-58(29-32-73(124)125)82(134)111-63(43-69(94)120)84(136)110-61(91(143)144)22-16-36-99-92(95)96)112-88(140)76(50(3)4)113-87(139)67-25-17-38-116(67)89(141)60(34-40-147-8)109-81(133)59(30-33-74(126)127)108-86(138)66-24-18-39-117(66)90(142)77(51(5)119)114-85(137)64(47-118)105-72(123)45-100-79(131)56(106-78(130)55(93)42-52-44-97-48-102-52)21-11-13-35-98-70(121)31-28-57(80(132)101-46-75(128)129)104-71(122)27-10-9-12-37-103-148(145,146)68-26-15-19-53-54(68)20-14-23-65(53)115(6)7/h14-15,19-20,23,26,44,48-51,55-64,66-67,76-77,103,118-119H,9-13,16-18,21-22,24-25,27-43,45-47,93H2,1-8H3,(H2,94,120)(H,97,102)(H,98,121)(H,100,131)(H,101,132)(H,104,122)(H,105,123)(H,106,130)(H,107,135)(H,108,138)(H,109,133)(H,110,136)(H,111,134)(H,112,140)(H,113,139)(H,114,137)(H,124,125)(H,126,127)(H,128,129)(H,143,144)(H4,95,96,99)/t51-,55+,56+,57+,58+,59+,60+,61+,62+,63+,64+,66+,67+,76+,77+/m1/s1. The molecule has 2 aliphatic rings. The average Bonchev–Trinajstić information content (AvgIpc) is 0.872. The van der Waals surface area contributed by atoms with E-state index in [0.29, 0.717) is 23.9 Å². The lowest BCUT2D eigenvalue weighted by atomic mass is 9.99. The summed E-state index contributed by atoms with van der Waals surface area (Å²) in [6, 6.07) is -11.7. The summed E-state index contributed by atoms with van der Waals surface area (Å²) < 4.78 is 29.4. The summed E-state index contributed by atoms with van der Waals surface area (Å²) in [7, 11) is -0.247. The van der Waals surface area contributed by atoms with Crippen LogP contribution < -0.4 is 107 Å². The molecular weight excluding hydrogens is 1980 g/mol. The highest BCUT2D eigenvalue weighted by atomic mass is 32.2. The number of rotatable bonds is 68. The number of carbonyl (C=O) groups excluding carboxylic acids is 17. The number of benzene rings is 2. The number of hydrogen-bond donors (Lipinski definition) is 27. The lowest BCUT2D eigenvalue weighted by Gasteiger charge is -2.32. The number of primary amides is 1. The molecular formula is C92H143N25O29S2.